The van der Waals surface area contributed by atoms with E-state index in [0.29, 0.717) is 30.9 Å². The van der Waals surface area contributed by atoms with E-state index >= 15 is 0 Å². The molecular weight excluding hydrogens is 340 g/mol. The first-order valence-electron chi connectivity index (χ1n) is 8.94. The second kappa shape index (κ2) is 8.41. The molecule has 0 saturated carbocycles. The SMILES string of the molecule is Cc1ccc2c(CC(=O)Nc3cccc(OCCCC#N)c3)coc2c1C. The molecule has 0 aliphatic carbocycles. The molecule has 5 heteroatoms. The number of unbranched alkanes of at least 4 members (excludes halogenated alkanes) is 1. The molecule has 3 aromatic rings. The van der Waals surface area contributed by atoms with E-state index in [1.165, 1.54) is 5.56 Å². The third kappa shape index (κ3) is 4.48. The van der Waals surface area contributed by atoms with Crippen LogP contribution in [-0.4, -0.2) is 12.5 Å². The molecule has 0 aliphatic heterocycles. The van der Waals surface area contributed by atoms with Crippen LogP contribution in [0.15, 0.2) is 47.1 Å². The first-order chi connectivity index (χ1) is 13.1. The van der Waals surface area contributed by atoms with Crippen molar-refractivity contribution >= 4 is 22.6 Å². The lowest BCUT2D eigenvalue weighted by Crippen LogP contribution is -2.14. The highest BCUT2D eigenvalue weighted by Crippen LogP contribution is 2.27. The number of nitrogens with one attached hydrogen (secondary N) is 1. The summed E-state index contributed by atoms with van der Waals surface area (Å²) in [6.45, 7) is 4.54. The van der Waals surface area contributed by atoms with Crippen LogP contribution in [0.1, 0.15) is 29.5 Å². The van der Waals surface area contributed by atoms with E-state index in [2.05, 4.69) is 11.4 Å². The monoisotopic (exact) mass is 362 g/mol. The maximum Gasteiger partial charge on any atom is 0.228 e. The summed E-state index contributed by atoms with van der Waals surface area (Å²) in [5, 5.41) is 12.4. The lowest BCUT2D eigenvalue weighted by molar-refractivity contribution is -0.115. The van der Waals surface area contributed by atoms with Crippen molar-refractivity contribution in [3.8, 4) is 11.8 Å². The highest BCUT2D eigenvalue weighted by molar-refractivity contribution is 5.96. The number of carbonyl (C=O) groups excluding carboxylic acids is 1. The van der Waals surface area contributed by atoms with Gasteiger partial charge < -0.3 is 14.5 Å². The van der Waals surface area contributed by atoms with Gasteiger partial charge in [0.15, 0.2) is 0 Å². The number of hydrogen-bond donors (Lipinski definition) is 1. The number of furan rings is 1. The molecule has 1 heterocycles. The Bertz CT molecular complexity index is 998. The zero-order valence-corrected chi connectivity index (χ0v) is 15.5. The van der Waals surface area contributed by atoms with Crippen molar-refractivity contribution in [2.75, 3.05) is 11.9 Å². The summed E-state index contributed by atoms with van der Waals surface area (Å²) in [7, 11) is 0. The first kappa shape index (κ1) is 18.5. The summed E-state index contributed by atoms with van der Waals surface area (Å²) < 4.78 is 11.3. The van der Waals surface area contributed by atoms with Gasteiger partial charge in [0.1, 0.15) is 11.3 Å². The number of aryl methyl sites for hydroxylation is 2. The molecule has 0 aliphatic rings. The third-order valence-electron chi connectivity index (χ3n) is 4.51. The molecule has 2 aromatic carbocycles. The summed E-state index contributed by atoms with van der Waals surface area (Å²) >= 11 is 0. The summed E-state index contributed by atoms with van der Waals surface area (Å²) in [5.74, 6) is 0.558. The Morgan fingerprint density at radius 1 is 1.26 bits per heavy atom. The van der Waals surface area contributed by atoms with Crippen molar-refractivity contribution in [3.63, 3.8) is 0 Å². The molecular formula is C22H22N2O3. The summed E-state index contributed by atoms with van der Waals surface area (Å²) in [5.41, 5.74) is 4.65. The molecule has 138 valence electrons. The molecule has 0 fully saturated rings. The van der Waals surface area contributed by atoms with Crippen LogP contribution >= 0.6 is 0 Å². The number of anilines is 1. The zero-order valence-electron chi connectivity index (χ0n) is 15.5. The van der Waals surface area contributed by atoms with Gasteiger partial charge in [-0.25, -0.2) is 0 Å². The van der Waals surface area contributed by atoms with Crippen LogP contribution in [0.4, 0.5) is 5.69 Å². The second-order valence-corrected chi connectivity index (χ2v) is 6.51. The molecule has 27 heavy (non-hydrogen) atoms. The second-order valence-electron chi connectivity index (χ2n) is 6.51. The fourth-order valence-corrected chi connectivity index (χ4v) is 2.91. The van der Waals surface area contributed by atoms with Gasteiger partial charge in [0.25, 0.3) is 0 Å². The number of fused-ring (bicyclic) bond motifs is 1. The fourth-order valence-electron chi connectivity index (χ4n) is 2.91. The van der Waals surface area contributed by atoms with Crippen molar-refractivity contribution in [2.24, 2.45) is 0 Å². The van der Waals surface area contributed by atoms with E-state index in [9.17, 15) is 4.79 Å². The zero-order chi connectivity index (χ0) is 19.2. The third-order valence-corrected chi connectivity index (χ3v) is 4.51. The predicted octanol–water partition coefficient (Wildman–Crippen LogP) is 4.91. The van der Waals surface area contributed by atoms with Crippen molar-refractivity contribution in [1.82, 2.24) is 0 Å². The lowest BCUT2D eigenvalue weighted by atomic mass is 10.0. The minimum atomic E-state index is -0.113. The Morgan fingerprint density at radius 2 is 2.11 bits per heavy atom. The van der Waals surface area contributed by atoms with Crippen molar-refractivity contribution in [3.05, 3.63) is 59.4 Å². The molecule has 0 atom stereocenters. The van der Waals surface area contributed by atoms with Gasteiger partial charge in [-0.1, -0.05) is 18.2 Å². The number of ether oxygens (including phenoxy) is 1. The maximum atomic E-state index is 12.5. The van der Waals surface area contributed by atoms with Crippen LogP contribution in [-0.2, 0) is 11.2 Å². The van der Waals surface area contributed by atoms with Crippen LogP contribution in [0.25, 0.3) is 11.0 Å². The minimum absolute atomic E-state index is 0.113. The van der Waals surface area contributed by atoms with Gasteiger partial charge in [0, 0.05) is 29.1 Å². The Labute approximate surface area is 158 Å². The van der Waals surface area contributed by atoms with Crippen molar-refractivity contribution < 1.29 is 13.9 Å². The van der Waals surface area contributed by atoms with Gasteiger partial charge >= 0.3 is 0 Å². The number of rotatable bonds is 7. The topological polar surface area (TPSA) is 75.3 Å². The van der Waals surface area contributed by atoms with E-state index in [0.717, 1.165) is 22.1 Å². The fraction of sp³-hybridized carbons (Fsp3) is 0.273. The predicted molar refractivity (Wildman–Crippen MR) is 105 cm³/mol. The van der Waals surface area contributed by atoms with Gasteiger partial charge in [0.05, 0.1) is 25.4 Å². The Hall–Kier alpha value is -3.26. The Morgan fingerprint density at radius 3 is 2.93 bits per heavy atom. The molecule has 0 saturated heterocycles. The van der Waals surface area contributed by atoms with Gasteiger partial charge in [-0.2, -0.15) is 5.26 Å². The van der Waals surface area contributed by atoms with Gasteiger partial charge in [0.2, 0.25) is 5.91 Å². The van der Waals surface area contributed by atoms with Crippen LogP contribution < -0.4 is 10.1 Å². The molecule has 0 bridgehead atoms. The van der Waals surface area contributed by atoms with Crippen LogP contribution in [0.2, 0.25) is 0 Å². The number of hydrogen-bond acceptors (Lipinski definition) is 4. The van der Waals surface area contributed by atoms with Gasteiger partial charge in [-0.3, -0.25) is 4.79 Å². The van der Waals surface area contributed by atoms with E-state index < -0.39 is 0 Å². The summed E-state index contributed by atoms with van der Waals surface area (Å²) in [6, 6.07) is 13.4. The van der Waals surface area contributed by atoms with E-state index in [1.54, 1.807) is 12.3 Å². The number of benzene rings is 2. The number of amides is 1. The van der Waals surface area contributed by atoms with E-state index in [4.69, 9.17) is 14.4 Å². The molecule has 5 nitrogen and oxygen atoms in total. The highest BCUT2D eigenvalue weighted by Gasteiger charge is 2.13. The lowest BCUT2D eigenvalue weighted by Gasteiger charge is -2.08. The average molecular weight is 362 g/mol. The highest BCUT2D eigenvalue weighted by atomic mass is 16.5. The Kier molecular flexibility index (Phi) is 5.77. The van der Waals surface area contributed by atoms with Crippen LogP contribution in [0.5, 0.6) is 5.75 Å². The number of nitriles is 1. The minimum Gasteiger partial charge on any atom is -0.493 e. The average Bonchev–Trinajstić information content (AvgIpc) is 3.05. The molecule has 0 spiro atoms. The number of carbonyl (C=O) groups is 1. The van der Waals surface area contributed by atoms with Gasteiger partial charge in [-0.05, 0) is 43.5 Å². The van der Waals surface area contributed by atoms with Crippen LogP contribution in [0.3, 0.4) is 0 Å². The van der Waals surface area contributed by atoms with E-state index in [-0.39, 0.29) is 12.3 Å². The molecule has 0 radical (unpaired) electrons. The first-order valence-corrected chi connectivity index (χ1v) is 8.94. The molecule has 1 amide bonds. The molecule has 1 N–H and O–H groups in total. The largest absolute Gasteiger partial charge is 0.493 e. The normalized spacial score (nSPS) is 10.6. The summed E-state index contributed by atoms with van der Waals surface area (Å²) in [6.07, 6.45) is 3.04. The van der Waals surface area contributed by atoms with Crippen molar-refractivity contribution in [2.45, 2.75) is 33.1 Å². The van der Waals surface area contributed by atoms with E-state index in [1.807, 2.05) is 44.2 Å². The summed E-state index contributed by atoms with van der Waals surface area (Å²) in [4.78, 5) is 12.5. The maximum absolute atomic E-state index is 12.5. The Balaban J connectivity index is 1.65. The van der Waals surface area contributed by atoms with Gasteiger partial charge in [-0.15, -0.1) is 0 Å². The van der Waals surface area contributed by atoms with Crippen molar-refractivity contribution in [1.29, 1.82) is 5.26 Å². The molecule has 0 unspecified atom stereocenters. The quantitative estimate of drug-likeness (QED) is 0.606. The number of nitrogens with zero attached hydrogens (tertiary/aromatic N) is 1. The molecule has 1 aromatic heterocycles. The standard InChI is InChI=1S/C22H22N2O3/c1-15-8-9-20-17(14-27-22(20)16(15)2)12-21(25)24-18-6-5-7-19(13-18)26-11-4-3-10-23/h5-9,13-14H,3-4,11-12H2,1-2H3,(H,24,25). The molecule has 3 rings (SSSR count). The van der Waals surface area contributed by atoms with Crippen LogP contribution in [0, 0.1) is 25.2 Å². The smallest absolute Gasteiger partial charge is 0.228 e.